The fourth-order valence-corrected chi connectivity index (χ4v) is 2.34. The third-order valence-electron chi connectivity index (χ3n) is 3.55. The molecule has 0 unspecified atom stereocenters. The largest absolute Gasteiger partial charge is 0.332 e. The highest BCUT2D eigenvalue weighted by atomic mass is 32.1. The van der Waals surface area contributed by atoms with E-state index in [9.17, 15) is 9.59 Å². The minimum Gasteiger partial charge on any atom is -0.332 e. The first-order valence-corrected chi connectivity index (χ1v) is 8.64. The summed E-state index contributed by atoms with van der Waals surface area (Å²) in [5.41, 5.74) is 3.26. The van der Waals surface area contributed by atoms with E-state index >= 15 is 0 Å². The van der Waals surface area contributed by atoms with E-state index in [-0.39, 0.29) is 16.9 Å². The average Bonchev–Trinajstić information content (AvgIpc) is 2.63. The van der Waals surface area contributed by atoms with Crippen LogP contribution in [0.2, 0.25) is 0 Å². The number of carbonyl (C=O) groups is 2. The highest BCUT2D eigenvalue weighted by Crippen LogP contribution is 2.20. The lowest BCUT2D eigenvalue weighted by Gasteiger charge is -2.12. The molecule has 0 heterocycles. The zero-order chi connectivity index (χ0) is 18.9. The van der Waals surface area contributed by atoms with Crippen molar-refractivity contribution >= 4 is 46.6 Å². The molecule has 0 fully saturated rings. The molecule has 6 heteroatoms. The Morgan fingerprint density at radius 1 is 1.08 bits per heavy atom. The van der Waals surface area contributed by atoms with E-state index in [1.165, 1.54) is 6.08 Å². The van der Waals surface area contributed by atoms with Gasteiger partial charge in [-0.05, 0) is 48.5 Å². The van der Waals surface area contributed by atoms with Gasteiger partial charge in [-0.1, -0.05) is 43.3 Å². The van der Waals surface area contributed by atoms with Crippen LogP contribution in [0.1, 0.15) is 24.5 Å². The number of aryl methyl sites for hydroxylation is 1. The van der Waals surface area contributed by atoms with Crippen molar-refractivity contribution < 1.29 is 9.59 Å². The summed E-state index contributed by atoms with van der Waals surface area (Å²) in [7, 11) is 0. The topological polar surface area (TPSA) is 70.2 Å². The number of hydrogen-bond acceptors (Lipinski definition) is 3. The second kappa shape index (κ2) is 9.48. The lowest BCUT2D eigenvalue weighted by Crippen LogP contribution is -2.32. The highest BCUT2D eigenvalue weighted by Gasteiger charge is 2.06. The van der Waals surface area contributed by atoms with Gasteiger partial charge in [0.2, 0.25) is 11.8 Å². The van der Waals surface area contributed by atoms with Crippen molar-refractivity contribution in [3.8, 4) is 0 Å². The monoisotopic (exact) mass is 367 g/mol. The zero-order valence-corrected chi connectivity index (χ0v) is 15.5. The molecule has 0 aliphatic carbocycles. The van der Waals surface area contributed by atoms with Gasteiger partial charge in [0, 0.05) is 23.9 Å². The van der Waals surface area contributed by atoms with Crippen molar-refractivity contribution in [2.45, 2.75) is 20.3 Å². The summed E-state index contributed by atoms with van der Waals surface area (Å²) in [6.07, 6.45) is 3.53. The van der Waals surface area contributed by atoms with Crippen LogP contribution in [0.15, 0.2) is 54.6 Å². The first-order chi connectivity index (χ1) is 12.5. The van der Waals surface area contributed by atoms with E-state index in [0.717, 1.165) is 11.1 Å². The molecule has 0 bridgehead atoms. The summed E-state index contributed by atoms with van der Waals surface area (Å²) >= 11 is 5.17. The van der Waals surface area contributed by atoms with Gasteiger partial charge in [0.15, 0.2) is 5.11 Å². The molecule has 2 aromatic rings. The molecule has 0 aliphatic rings. The number of anilines is 2. The number of amides is 2. The number of rotatable bonds is 5. The molecular formula is C20H21N3O2S. The number of benzene rings is 2. The van der Waals surface area contributed by atoms with Crippen LogP contribution in [0, 0.1) is 6.92 Å². The van der Waals surface area contributed by atoms with Crippen molar-refractivity contribution in [1.29, 1.82) is 0 Å². The summed E-state index contributed by atoms with van der Waals surface area (Å²) in [5, 5.41) is 8.55. The molecule has 26 heavy (non-hydrogen) atoms. The molecule has 0 radical (unpaired) electrons. The van der Waals surface area contributed by atoms with Crippen LogP contribution in [-0.2, 0) is 9.59 Å². The molecule has 2 aromatic carbocycles. The minimum atomic E-state index is -0.321. The maximum absolute atomic E-state index is 11.9. The first kappa shape index (κ1) is 19.3. The number of hydrogen-bond donors (Lipinski definition) is 3. The summed E-state index contributed by atoms with van der Waals surface area (Å²) in [6.45, 7) is 3.70. The zero-order valence-electron chi connectivity index (χ0n) is 14.7. The van der Waals surface area contributed by atoms with Crippen LogP contribution in [-0.4, -0.2) is 16.9 Å². The quantitative estimate of drug-likeness (QED) is 0.554. The number of nitrogens with one attached hydrogen (secondary N) is 3. The number of carbonyl (C=O) groups excluding carboxylic acids is 2. The van der Waals surface area contributed by atoms with Gasteiger partial charge in [0.05, 0.1) is 0 Å². The maximum Gasteiger partial charge on any atom is 0.250 e. The van der Waals surface area contributed by atoms with Crippen LogP contribution in [0.25, 0.3) is 6.08 Å². The van der Waals surface area contributed by atoms with Crippen LogP contribution in [0.5, 0.6) is 0 Å². The van der Waals surface area contributed by atoms with Gasteiger partial charge in [0.25, 0.3) is 0 Å². The van der Waals surface area contributed by atoms with Crippen LogP contribution in [0.3, 0.4) is 0 Å². The molecule has 2 rings (SSSR count). The maximum atomic E-state index is 11.9. The third-order valence-corrected chi connectivity index (χ3v) is 3.76. The van der Waals surface area contributed by atoms with Crippen molar-refractivity contribution in [2.24, 2.45) is 0 Å². The molecule has 0 aromatic heterocycles. The molecule has 5 nitrogen and oxygen atoms in total. The second-order valence-corrected chi connectivity index (χ2v) is 6.03. The summed E-state index contributed by atoms with van der Waals surface area (Å²) in [5.74, 6) is -0.384. The lowest BCUT2D eigenvalue weighted by atomic mass is 10.1. The van der Waals surface area contributed by atoms with Gasteiger partial charge in [-0.25, -0.2) is 0 Å². The third kappa shape index (κ3) is 6.14. The van der Waals surface area contributed by atoms with Gasteiger partial charge >= 0.3 is 0 Å². The summed E-state index contributed by atoms with van der Waals surface area (Å²) in [6, 6.07) is 15.0. The Morgan fingerprint density at radius 3 is 2.50 bits per heavy atom. The predicted octanol–water partition coefficient (Wildman–Crippen LogP) is 3.87. The van der Waals surface area contributed by atoms with E-state index in [1.807, 2.05) is 49.4 Å². The smallest absolute Gasteiger partial charge is 0.250 e. The molecule has 2 amide bonds. The molecular weight excluding hydrogens is 346 g/mol. The Morgan fingerprint density at radius 2 is 1.81 bits per heavy atom. The molecule has 0 aliphatic heterocycles. The average molecular weight is 367 g/mol. The van der Waals surface area contributed by atoms with E-state index < -0.39 is 0 Å². The van der Waals surface area contributed by atoms with E-state index in [1.54, 1.807) is 19.1 Å². The van der Waals surface area contributed by atoms with Crippen molar-refractivity contribution in [2.75, 3.05) is 10.6 Å². The number of thiocarbonyl (C=S) groups is 1. The van der Waals surface area contributed by atoms with Crippen molar-refractivity contribution in [3.05, 3.63) is 65.7 Å². The van der Waals surface area contributed by atoms with E-state index in [4.69, 9.17) is 12.2 Å². The van der Waals surface area contributed by atoms with E-state index in [2.05, 4.69) is 16.0 Å². The molecule has 0 saturated carbocycles. The van der Waals surface area contributed by atoms with Gasteiger partial charge in [0.1, 0.15) is 0 Å². The van der Waals surface area contributed by atoms with E-state index in [0.29, 0.717) is 17.8 Å². The second-order valence-electron chi connectivity index (χ2n) is 5.62. The van der Waals surface area contributed by atoms with Crippen LogP contribution >= 0.6 is 12.2 Å². The molecule has 0 spiro atoms. The molecule has 0 atom stereocenters. The first-order valence-electron chi connectivity index (χ1n) is 8.23. The Kier molecular flexibility index (Phi) is 7.05. The van der Waals surface area contributed by atoms with Gasteiger partial charge in [-0.3, -0.25) is 14.9 Å². The van der Waals surface area contributed by atoms with Crippen LogP contribution in [0.4, 0.5) is 11.4 Å². The molecule has 134 valence electrons. The van der Waals surface area contributed by atoms with Gasteiger partial charge < -0.3 is 10.6 Å². The Balaban J connectivity index is 1.94. The highest BCUT2D eigenvalue weighted by molar-refractivity contribution is 7.80. The van der Waals surface area contributed by atoms with Crippen molar-refractivity contribution in [1.82, 2.24) is 5.32 Å². The molecule has 0 saturated heterocycles. The van der Waals surface area contributed by atoms with Crippen molar-refractivity contribution in [3.63, 3.8) is 0 Å². The summed E-state index contributed by atoms with van der Waals surface area (Å²) < 4.78 is 0. The van der Waals surface area contributed by atoms with Gasteiger partial charge in [-0.2, -0.15) is 0 Å². The van der Waals surface area contributed by atoms with Gasteiger partial charge in [-0.15, -0.1) is 0 Å². The Bertz CT molecular complexity index is 832. The Labute approximate surface area is 158 Å². The predicted molar refractivity (Wildman–Crippen MR) is 110 cm³/mol. The fourth-order valence-electron chi connectivity index (χ4n) is 2.12. The van der Waals surface area contributed by atoms with Crippen LogP contribution < -0.4 is 16.0 Å². The molecule has 3 N–H and O–H groups in total. The minimum absolute atomic E-state index is 0.0628. The summed E-state index contributed by atoms with van der Waals surface area (Å²) in [4.78, 5) is 23.5. The Hall–Kier alpha value is -2.99. The SMILES string of the molecule is CCC(=O)Nc1cc(NC(=S)NC(=O)/C=C/c2ccccc2)ccc1C. The normalized spacial score (nSPS) is 10.4. The fraction of sp³-hybridized carbons (Fsp3) is 0.150. The lowest BCUT2D eigenvalue weighted by molar-refractivity contribution is -0.116. The standard InChI is InChI=1S/C20H21N3O2S/c1-3-18(24)22-17-13-16(11-9-14(17)2)21-20(26)23-19(25)12-10-15-7-5-4-6-8-15/h4-13H,3H2,1-2H3,(H,22,24)(H2,21,23,25,26)/b12-10+.